The van der Waals surface area contributed by atoms with E-state index in [1.807, 2.05) is 31.1 Å². The van der Waals surface area contributed by atoms with E-state index in [-0.39, 0.29) is 18.1 Å². The van der Waals surface area contributed by atoms with E-state index >= 15 is 0 Å². The number of anilines is 1. The van der Waals surface area contributed by atoms with Crippen LogP contribution in [0, 0.1) is 0 Å². The molecule has 6 heteroatoms. The summed E-state index contributed by atoms with van der Waals surface area (Å²) in [6.07, 6.45) is 1.19. The Balaban J connectivity index is 2.56. The molecule has 1 aromatic carbocycles. The maximum Gasteiger partial charge on any atom is 0.343 e. The van der Waals surface area contributed by atoms with Crippen LogP contribution < -0.4 is 9.64 Å². The lowest BCUT2D eigenvalue weighted by molar-refractivity contribution is -0.142. The van der Waals surface area contributed by atoms with Crippen molar-refractivity contribution in [3.05, 3.63) is 42.6 Å². The second kappa shape index (κ2) is 6.91. The standard InChI is InChI=1S/C17H18N2O4/c1-5-15(20)14-9-16(23-10-17(21)22-4)12-8-11(19(2)3)6-7-13(12)18-14/h5-9H,1,10H2,2-4H3. The van der Waals surface area contributed by atoms with Crippen LogP contribution in [-0.2, 0) is 9.53 Å². The highest BCUT2D eigenvalue weighted by Gasteiger charge is 2.13. The second-order valence-electron chi connectivity index (χ2n) is 5.03. The average Bonchev–Trinajstić information content (AvgIpc) is 2.57. The largest absolute Gasteiger partial charge is 0.481 e. The van der Waals surface area contributed by atoms with E-state index in [0.717, 1.165) is 5.69 Å². The van der Waals surface area contributed by atoms with Crippen molar-refractivity contribution < 1.29 is 19.1 Å². The Morgan fingerprint density at radius 2 is 2.04 bits per heavy atom. The van der Waals surface area contributed by atoms with Crippen molar-refractivity contribution in [2.75, 3.05) is 32.7 Å². The number of hydrogen-bond acceptors (Lipinski definition) is 6. The van der Waals surface area contributed by atoms with Crippen LogP contribution in [0.4, 0.5) is 5.69 Å². The van der Waals surface area contributed by atoms with Crippen molar-refractivity contribution in [3.63, 3.8) is 0 Å². The first kappa shape index (κ1) is 16.5. The molecule has 0 spiro atoms. The minimum Gasteiger partial charge on any atom is -0.481 e. The van der Waals surface area contributed by atoms with E-state index in [0.29, 0.717) is 16.7 Å². The predicted octanol–water partition coefficient (Wildman–Crippen LogP) is 2.22. The molecular formula is C17H18N2O4. The van der Waals surface area contributed by atoms with Crippen LogP contribution in [-0.4, -0.2) is 44.5 Å². The Hall–Kier alpha value is -2.89. The molecule has 0 aliphatic rings. The molecule has 0 radical (unpaired) electrons. The lowest BCUT2D eigenvalue weighted by Gasteiger charge is -2.15. The van der Waals surface area contributed by atoms with Crippen LogP contribution in [0.5, 0.6) is 5.75 Å². The molecule has 0 saturated carbocycles. The Bertz CT molecular complexity index is 769. The molecule has 0 amide bonds. The van der Waals surface area contributed by atoms with Crippen LogP contribution in [0.25, 0.3) is 10.9 Å². The molecule has 0 aliphatic carbocycles. The number of carbonyl (C=O) groups excluding carboxylic acids is 2. The van der Waals surface area contributed by atoms with Gasteiger partial charge in [-0.15, -0.1) is 0 Å². The highest BCUT2D eigenvalue weighted by Crippen LogP contribution is 2.29. The zero-order chi connectivity index (χ0) is 17.0. The van der Waals surface area contributed by atoms with Crippen LogP contribution in [0.15, 0.2) is 36.9 Å². The van der Waals surface area contributed by atoms with Crippen molar-refractivity contribution in [2.45, 2.75) is 0 Å². The SMILES string of the molecule is C=CC(=O)c1cc(OCC(=O)OC)c2cc(N(C)C)ccc2n1. The monoisotopic (exact) mass is 314 g/mol. The van der Waals surface area contributed by atoms with Gasteiger partial charge in [0.15, 0.2) is 6.61 Å². The summed E-state index contributed by atoms with van der Waals surface area (Å²) in [4.78, 5) is 29.4. The minimum atomic E-state index is -0.504. The first-order valence-electron chi connectivity index (χ1n) is 6.94. The van der Waals surface area contributed by atoms with Gasteiger partial charge in [0.25, 0.3) is 0 Å². The van der Waals surface area contributed by atoms with E-state index < -0.39 is 5.97 Å². The van der Waals surface area contributed by atoms with Crippen molar-refractivity contribution in [2.24, 2.45) is 0 Å². The number of ether oxygens (including phenoxy) is 2. The highest BCUT2D eigenvalue weighted by molar-refractivity contribution is 6.05. The fourth-order valence-corrected chi connectivity index (χ4v) is 2.01. The molecule has 6 nitrogen and oxygen atoms in total. The van der Waals surface area contributed by atoms with Crippen LogP contribution in [0.2, 0.25) is 0 Å². The third-order valence-electron chi connectivity index (χ3n) is 3.28. The van der Waals surface area contributed by atoms with Gasteiger partial charge < -0.3 is 14.4 Å². The lowest BCUT2D eigenvalue weighted by Crippen LogP contribution is -2.13. The molecule has 0 atom stereocenters. The molecule has 0 aliphatic heterocycles. The summed E-state index contributed by atoms with van der Waals surface area (Å²) in [5, 5.41) is 0.709. The maximum absolute atomic E-state index is 11.8. The summed E-state index contributed by atoms with van der Waals surface area (Å²) in [6, 6.07) is 7.09. The fraction of sp³-hybridized carbons (Fsp3) is 0.235. The zero-order valence-electron chi connectivity index (χ0n) is 13.3. The first-order chi connectivity index (χ1) is 11.0. The van der Waals surface area contributed by atoms with E-state index in [9.17, 15) is 9.59 Å². The van der Waals surface area contributed by atoms with Crippen LogP contribution in [0.1, 0.15) is 10.5 Å². The van der Waals surface area contributed by atoms with Gasteiger partial charge in [-0.2, -0.15) is 0 Å². The number of esters is 1. The molecule has 0 bridgehead atoms. The summed E-state index contributed by atoms with van der Waals surface area (Å²) in [6.45, 7) is 3.21. The van der Waals surface area contributed by atoms with Gasteiger partial charge >= 0.3 is 5.97 Å². The number of allylic oxidation sites excluding steroid dienone is 1. The molecule has 0 N–H and O–H groups in total. The number of carbonyl (C=O) groups is 2. The Morgan fingerprint density at radius 3 is 2.65 bits per heavy atom. The molecule has 23 heavy (non-hydrogen) atoms. The topological polar surface area (TPSA) is 68.7 Å². The highest BCUT2D eigenvalue weighted by atomic mass is 16.6. The molecule has 0 fully saturated rings. The van der Waals surface area contributed by atoms with Crippen molar-refractivity contribution in [3.8, 4) is 5.75 Å². The number of ketones is 1. The van der Waals surface area contributed by atoms with E-state index in [1.54, 1.807) is 6.07 Å². The number of aromatic nitrogens is 1. The molecule has 1 heterocycles. The van der Waals surface area contributed by atoms with Gasteiger partial charge in [-0.3, -0.25) is 4.79 Å². The van der Waals surface area contributed by atoms with Gasteiger partial charge in [0, 0.05) is 31.2 Å². The number of fused-ring (bicyclic) bond motifs is 1. The fourth-order valence-electron chi connectivity index (χ4n) is 2.01. The maximum atomic E-state index is 11.8. The summed E-state index contributed by atoms with van der Waals surface area (Å²) in [5.74, 6) is -0.420. The lowest BCUT2D eigenvalue weighted by atomic mass is 10.1. The van der Waals surface area contributed by atoms with Crippen molar-refractivity contribution in [1.29, 1.82) is 0 Å². The van der Waals surface area contributed by atoms with Gasteiger partial charge in [0.2, 0.25) is 5.78 Å². The number of hydrogen-bond donors (Lipinski definition) is 0. The predicted molar refractivity (Wildman–Crippen MR) is 88.1 cm³/mol. The zero-order valence-corrected chi connectivity index (χ0v) is 13.3. The van der Waals surface area contributed by atoms with Gasteiger partial charge in [0.05, 0.1) is 12.6 Å². The van der Waals surface area contributed by atoms with Crippen molar-refractivity contribution >= 4 is 28.3 Å². The third-order valence-corrected chi connectivity index (χ3v) is 3.28. The number of pyridine rings is 1. The summed E-state index contributed by atoms with van der Waals surface area (Å²) in [5.41, 5.74) is 1.76. The smallest absolute Gasteiger partial charge is 0.343 e. The van der Waals surface area contributed by atoms with E-state index in [2.05, 4.69) is 16.3 Å². The molecular weight excluding hydrogens is 296 g/mol. The summed E-state index contributed by atoms with van der Waals surface area (Å²) >= 11 is 0. The Kier molecular flexibility index (Phi) is 4.95. The van der Waals surface area contributed by atoms with Gasteiger partial charge in [-0.05, 0) is 24.3 Å². The summed E-state index contributed by atoms with van der Waals surface area (Å²) in [7, 11) is 5.12. The molecule has 120 valence electrons. The Morgan fingerprint density at radius 1 is 1.30 bits per heavy atom. The number of rotatable bonds is 6. The molecule has 2 aromatic rings. The summed E-state index contributed by atoms with van der Waals surface area (Å²) < 4.78 is 10.1. The van der Waals surface area contributed by atoms with Gasteiger partial charge in [-0.25, -0.2) is 9.78 Å². The quantitative estimate of drug-likeness (QED) is 0.463. The molecule has 1 aromatic heterocycles. The van der Waals surface area contributed by atoms with Gasteiger partial charge in [-0.1, -0.05) is 6.58 Å². The normalized spacial score (nSPS) is 10.2. The molecule has 0 saturated heterocycles. The van der Waals surface area contributed by atoms with Crippen molar-refractivity contribution in [1.82, 2.24) is 4.98 Å². The molecule has 2 rings (SSSR count). The van der Waals surface area contributed by atoms with Crippen LogP contribution >= 0.6 is 0 Å². The Labute approximate surface area is 134 Å². The molecule has 0 unspecified atom stereocenters. The van der Waals surface area contributed by atoms with Gasteiger partial charge in [0.1, 0.15) is 11.4 Å². The van der Waals surface area contributed by atoms with E-state index in [4.69, 9.17) is 4.74 Å². The number of benzene rings is 1. The number of nitrogens with zero attached hydrogens (tertiary/aromatic N) is 2. The van der Waals surface area contributed by atoms with Crippen LogP contribution in [0.3, 0.4) is 0 Å². The average molecular weight is 314 g/mol. The number of methoxy groups -OCH3 is 1. The first-order valence-corrected chi connectivity index (χ1v) is 6.94. The third kappa shape index (κ3) is 3.66. The minimum absolute atomic E-state index is 0.213. The second-order valence-corrected chi connectivity index (χ2v) is 5.03. The van der Waals surface area contributed by atoms with E-state index in [1.165, 1.54) is 19.3 Å².